The van der Waals surface area contributed by atoms with E-state index < -0.39 is 5.82 Å². The smallest absolute Gasteiger partial charge is 0.274 e. The molecule has 0 saturated heterocycles. The maximum atomic E-state index is 13.3. The van der Waals surface area contributed by atoms with E-state index in [4.69, 9.17) is 11.6 Å². The SMILES string of the molecule is Cn1cnc(C2CC3CC(=O)C3C2)c1C(=O)Nc1ccc(F)c(Cl)c1. The third kappa shape index (κ3) is 2.74. The Bertz CT molecular complexity index is 879. The van der Waals surface area contributed by atoms with Crippen LogP contribution in [-0.2, 0) is 11.8 Å². The predicted molar refractivity (Wildman–Crippen MR) is 91.2 cm³/mol. The van der Waals surface area contributed by atoms with Crippen LogP contribution in [-0.4, -0.2) is 21.2 Å². The van der Waals surface area contributed by atoms with Gasteiger partial charge in [0.1, 0.15) is 17.3 Å². The van der Waals surface area contributed by atoms with Gasteiger partial charge in [0.05, 0.1) is 17.0 Å². The second kappa shape index (κ2) is 5.95. The number of fused-ring (bicyclic) bond motifs is 1. The standard InChI is InChI=1S/C18H17ClFN3O2/c1-23-8-21-16(10-4-9-6-15(24)12(9)5-10)17(23)18(25)22-11-2-3-14(20)13(19)7-11/h2-3,7-10,12H,4-6H2,1H3,(H,22,25). The molecule has 0 aliphatic heterocycles. The molecular weight excluding hydrogens is 345 g/mol. The lowest BCUT2D eigenvalue weighted by Gasteiger charge is -2.27. The van der Waals surface area contributed by atoms with Gasteiger partial charge in [-0.1, -0.05) is 11.6 Å². The summed E-state index contributed by atoms with van der Waals surface area (Å²) in [5.41, 5.74) is 1.62. The summed E-state index contributed by atoms with van der Waals surface area (Å²) in [6.07, 6.45) is 3.94. The second-order valence-corrected chi connectivity index (χ2v) is 7.28. The van der Waals surface area contributed by atoms with Crippen molar-refractivity contribution in [3.8, 4) is 0 Å². The minimum Gasteiger partial charge on any atom is -0.329 e. The minimum absolute atomic E-state index is 0.0473. The van der Waals surface area contributed by atoms with Crippen LogP contribution in [0.5, 0.6) is 0 Å². The zero-order valence-electron chi connectivity index (χ0n) is 13.6. The largest absolute Gasteiger partial charge is 0.329 e. The average molecular weight is 362 g/mol. The van der Waals surface area contributed by atoms with E-state index in [9.17, 15) is 14.0 Å². The lowest BCUT2D eigenvalue weighted by molar-refractivity contribution is -0.132. The molecule has 3 unspecified atom stereocenters. The molecule has 3 atom stereocenters. The fourth-order valence-corrected chi connectivity index (χ4v) is 4.19. The van der Waals surface area contributed by atoms with Gasteiger partial charge in [0.15, 0.2) is 0 Å². The Hall–Kier alpha value is -2.21. The normalized spacial score (nSPS) is 24.8. The van der Waals surface area contributed by atoms with Gasteiger partial charge in [-0.3, -0.25) is 9.59 Å². The van der Waals surface area contributed by atoms with Crippen LogP contribution < -0.4 is 5.32 Å². The van der Waals surface area contributed by atoms with Crippen molar-refractivity contribution in [2.75, 3.05) is 5.32 Å². The van der Waals surface area contributed by atoms with Crippen molar-refractivity contribution < 1.29 is 14.0 Å². The van der Waals surface area contributed by atoms with Gasteiger partial charge in [0, 0.05) is 31.0 Å². The molecule has 1 aromatic heterocycles. The fraction of sp³-hybridized carbons (Fsp3) is 0.389. The van der Waals surface area contributed by atoms with Gasteiger partial charge in [-0.25, -0.2) is 9.37 Å². The van der Waals surface area contributed by atoms with Crippen LogP contribution in [0.15, 0.2) is 24.5 Å². The number of nitrogens with zero attached hydrogens (tertiary/aromatic N) is 2. The number of carbonyl (C=O) groups is 2. The number of rotatable bonds is 3. The Morgan fingerprint density at radius 1 is 1.40 bits per heavy atom. The highest BCUT2D eigenvalue weighted by molar-refractivity contribution is 6.31. The van der Waals surface area contributed by atoms with E-state index in [0.29, 0.717) is 29.5 Å². The maximum absolute atomic E-state index is 13.3. The van der Waals surface area contributed by atoms with Gasteiger partial charge in [-0.2, -0.15) is 0 Å². The van der Waals surface area contributed by atoms with Crippen LogP contribution in [0.25, 0.3) is 0 Å². The number of hydrogen-bond donors (Lipinski definition) is 1. The lowest BCUT2D eigenvalue weighted by atomic mass is 9.75. The summed E-state index contributed by atoms with van der Waals surface area (Å²) in [7, 11) is 1.76. The summed E-state index contributed by atoms with van der Waals surface area (Å²) in [6.45, 7) is 0. The number of anilines is 1. The number of benzene rings is 1. The van der Waals surface area contributed by atoms with Crippen LogP contribution in [0.3, 0.4) is 0 Å². The number of halogens is 2. The van der Waals surface area contributed by atoms with Crippen LogP contribution in [0.2, 0.25) is 5.02 Å². The first kappa shape index (κ1) is 16.3. The Labute approximate surface area is 149 Å². The van der Waals surface area contributed by atoms with Gasteiger partial charge in [0.25, 0.3) is 5.91 Å². The number of carbonyl (C=O) groups excluding carboxylic acids is 2. The first-order valence-electron chi connectivity index (χ1n) is 8.24. The summed E-state index contributed by atoms with van der Waals surface area (Å²) >= 11 is 5.77. The third-order valence-electron chi connectivity index (χ3n) is 5.32. The molecule has 2 aliphatic rings. The molecule has 1 amide bonds. The Morgan fingerprint density at radius 2 is 2.20 bits per heavy atom. The first-order valence-corrected chi connectivity index (χ1v) is 8.62. The number of ketones is 1. The van der Waals surface area contributed by atoms with Crippen LogP contribution in [0.4, 0.5) is 10.1 Å². The Kier molecular flexibility index (Phi) is 3.87. The van der Waals surface area contributed by atoms with Crippen molar-refractivity contribution in [2.24, 2.45) is 18.9 Å². The number of aryl methyl sites for hydroxylation is 1. The van der Waals surface area contributed by atoms with Crippen molar-refractivity contribution in [3.63, 3.8) is 0 Å². The maximum Gasteiger partial charge on any atom is 0.274 e. The molecule has 0 bridgehead atoms. The number of imidazole rings is 1. The number of Topliss-reactive ketones (excluding diaryl/α,β-unsaturated/α-hetero) is 1. The van der Waals surface area contributed by atoms with E-state index in [1.807, 2.05) is 0 Å². The van der Waals surface area contributed by atoms with E-state index in [0.717, 1.165) is 18.5 Å². The van der Waals surface area contributed by atoms with Crippen molar-refractivity contribution in [2.45, 2.75) is 25.2 Å². The van der Waals surface area contributed by atoms with Gasteiger partial charge in [0.2, 0.25) is 0 Å². The van der Waals surface area contributed by atoms with Gasteiger partial charge in [-0.15, -0.1) is 0 Å². The van der Waals surface area contributed by atoms with Crippen molar-refractivity contribution >= 4 is 29.0 Å². The van der Waals surface area contributed by atoms with Crippen molar-refractivity contribution in [3.05, 3.63) is 46.8 Å². The topological polar surface area (TPSA) is 64.0 Å². The van der Waals surface area contributed by atoms with Gasteiger partial charge in [-0.05, 0) is 37.0 Å². The highest BCUT2D eigenvalue weighted by Crippen LogP contribution is 2.51. The number of amides is 1. The molecule has 1 N–H and O–H groups in total. The highest BCUT2D eigenvalue weighted by Gasteiger charge is 2.48. The summed E-state index contributed by atoms with van der Waals surface area (Å²) in [5.74, 6) is 0.177. The van der Waals surface area contributed by atoms with E-state index in [1.165, 1.54) is 18.2 Å². The molecule has 4 rings (SSSR count). The highest BCUT2D eigenvalue weighted by atomic mass is 35.5. The molecule has 0 spiro atoms. The van der Waals surface area contributed by atoms with E-state index in [2.05, 4.69) is 10.3 Å². The van der Waals surface area contributed by atoms with Crippen LogP contribution in [0, 0.1) is 17.7 Å². The van der Waals surface area contributed by atoms with Crippen molar-refractivity contribution in [1.82, 2.24) is 9.55 Å². The molecule has 2 aromatic rings. The molecule has 25 heavy (non-hydrogen) atoms. The van der Waals surface area contributed by atoms with Gasteiger partial charge < -0.3 is 9.88 Å². The molecule has 130 valence electrons. The number of nitrogens with one attached hydrogen (secondary N) is 1. The number of hydrogen-bond acceptors (Lipinski definition) is 3. The molecule has 2 aliphatic carbocycles. The monoisotopic (exact) mass is 361 g/mol. The first-order chi connectivity index (χ1) is 11.9. The molecule has 7 heteroatoms. The summed E-state index contributed by atoms with van der Waals surface area (Å²) in [4.78, 5) is 28.8. The third-order valence-corrected chi connectivity index (χ3v) is 5.61. The molecule has 2 fully saturated rings. The summed E-state index contributed by atoms with van der Waals surface area (Å²) in [5, 5.41) is 2.70. The quantitative estimate of drug-likeness (QED) is 0.909. The lowest BCUT2D eigenvalue weighted by Crippen LogP contribution is -2.32. The Morgan fingerprint density at radius 3 is 2.88 bits per heavy atom. The van der Waals surface area contributed by atoms with E-state index >= 15 is 0 Å². The second-order valence-electron chi connectivity index (χ2n) is 6.88. The fourth-order valence-electron chi connectivity index (χ4n) is 4.01. The molecule has 0 radical (unpaired) electrons. The van der Waals surface area contributed by atoms with Crippen molar-refractivity contribution in [1.29, 1.82) is 0 Å². The molecule has 1 aromatic carbocycles. The zero-order valence-corrected chi connectivity index (χ0v) is 14.4. The summed E-state index contributed by atoms with van der Waals surface area (Å²) in [6, 6.07) is 4.05. The van der Waals surface area contributed by atoms with E-state index in [1.54, 1.807) is 17.9 Å². The molecule has 2 saturated carbocycles. The summed E-state index contributed by atoms with van der Waals surface area (Å²) < 4.78 is 14.9. The average Bonchev–Trinajstić information content (AvgIpc) is 3.11. The molecular formula is C18H17ClFN3O2. The van der Waals surface area contributed by atoms with Crippen LogP contribution >= 0.6 is 11.6 Å². The molecule has 5 nitrogen and oxygen atoms in total. The minimum atomic E-state index is -0.535. The van der Waals surface area contributed by atoms with Gasteiger partial charge >= 0.3 is 0 Å². The molecule has 1 heterocycles. The van der Waals surface area contributed by atoms with E-state index in [-0.39, 0.29) is 22.8 Å². The zero-order chi connectivity index (χ0) is 17.7. The van der Waals surface area contributed by atoms with Crippen LogP contribution in [0.1, 0.15) is 41.4 Å². The predicted octanol–water partition coefficient (Wildman–Crippen LogP) is 3.55. The number of aromatic nitrogens is 2. The Balaban J connectivity index is 1.57.